The lowest BCUT2D eigenvalue weighted by molar-refractivity contribution is -0.120. The Morgan fingerprint density at radius 1 is 0.487 bits per heavy atom. The summed E-state index contributed by atoms with van der Waals surface area (Å²) in [5.41, 5.74) is 0. The van der Waals surface area contributed by atoms with Gasteiger partial charge in [0.1, 0.15) is 0 Å². The van der Waals surface area contributed by atoms with E-state index in [1.807, 2.05) is 0 Å². The van der Waals surface area contributed by atoms with E-state index in [1.54, 1.807) is 7.11 Å². The summed E-state index contributed by atoms with van der Waals surface area (Å²) in [6.45, 7) is 15.2. The van der Waals surface area contributed by atoms with Gasteiger partial charge in [-0.25, -0.2) is 0 Å². The zero-order valence-electron chi connectivity index (χ0n) is 24.6. The van der Waals surface area contributed by atoms with Gasteiger partial charge in [0.15, 0.2) is 0 Å². The van der Waals surface area contributed by atoms with Gasteiger partial charge in [0.25, 0.3) is 0 Å². The van der Waals surface area contributed by atoms with Crippen molar-refractivity contribution in [2.75, 3.05) is 79.5 Å². The molecule has 0 aliphatic heterocycles. The summed E-state index contributed by atoms with van der Waals surface area (Å²) in [6.07, 6.45) is 4.98. The molecule has 39 heavy (non-hydrogen) atoms. The highest BCUT2D eigenvalue weighted by Gasteiger charge is 1.94. The minimum Gasteiger partial charge on any atom is -0.385 e. The van der Waals surface area contributed by atoms with E-state index in [0.717, 1.165) is 45.3 Å². The molecular formula is C27H58N4O8. The second kappa shape index (κ2) is 37.9. The second-order valence-electron chi connectivity index (χ2n) is 8.18. The predicted octanol–water partition coefficient (Wildman–Crippen LogP) is 1.81. The first kappa shape index (κ1) is 43.8. The maximum atomic E-state index is 10.5. The van der Waals surface area contributed by atoms with E-state index in [4.69, 9.17) is 18.9 Å². The van der Waals surface area contributed by atoms with Crippen LogP contribution in [-0.4, -0.2) is 103 Å². The van der Waals surface area contributed by atoms with Crippen molar-refractivity contribution in [3.63, 3.8) is 0 Å². The van der Waals surface area contributed by atoms with Crippen LogP contribution in [0.2, 0.25) is 0 Å². The Morgan fingerprint density at radius 3 is 1.21 bits per heavy atom. The highest BCUT2D eigenvalue weighted by atomic mass is 16.5. The lowest BCUT2D eigenvalue weighted by Crippen LogP contribution is -2.24. The number of methoxy groups -OCH3 is 1. The molecule has 0 heterocycles. The third-order valence-electron chi connectivity index (χ3n) is 4.23. The Kier molecular flexibility index (Phi) is 42.5. The molecule has 0 atom stereocenters. The van der Waals surface area contributed by atoms with Crippen LogP contribution in [0.25, 0.3) is 0 Å². The SMILES string of the molecule is C.CC(=O)NCCCCOCCNC(C)=O.CCCCOCCNC(C)=O.COCCCOCCNC(C)=O. The molecule has 0 aromatic carbocycles. The Morgan fingerprint density at radius 2 is 0.846 bits per heavy atom. The highest BCUT2D eigenvalue weighted by molar-refractivity contribution is 5.73. The van der Waals surface area contributed by atoms with Gasteiger partial charge in [0.05, 0.1) is 19.8 Å². The number of carbonyl (C=O) groups is 4. The van der Waals surface area contributed by atoms with Crippen LogP contribution >= 0.6 is 0 Å². The van der Waals surface area contributed by atoms with E-state index in [1.165, 1.54) is 27.7 Å². The van der Waals surface area contributed by atoms with Crippen molar-refractivity contribution in [1.29, 1.82) is 0 Å². The average Bonchev–Trinajstić information content (AvgIpc) is 2.85. The van der Waals surface area contributed by atoms with Crippen molar-refractivity contribution < 1.29 is 38.1 Å². The van der Waals surface area contributed by atoms with Crippen molar-refractivity contribution in [1.82, 2.24) is 21.3 Å². The first-order valence-corrected chi connectivity index (χ1v) is 13.4. The quantitative estimate of drug-likeness (QED) is 0.153. The molecule has 234 valence electrons. The largest absolute Gasteiger partial charge is 0.385 e. The number of rotatable bonds is 21. The fourth-order valence-electron chi connectivity index (χ4n) is 2.35. The number of ether oxygens (including phenoxy) is 4. The molecule has 0 aromatic rings. The minimum absolute atomic E-state index is 0. The Bertz CT molecular complexity index is 546. The van der Waals surface area contributed by atoms with Crippen LogP contribution in [0.1, 0.15) is 74.1 Å². The van der Waals surface area contributed by atoms with Gasteiger partial charge >= 0.3 is 0 Å². The molecule has 0 aliphatic carbocycles. The maximum absolute atomic E-state index is 10.5. The number of nitrogens with one attached hydrogen (secondary N) is 4. The van der Waals surface area contributed by atoms with Gasteiger partial charge in [0.2, 0.25) is 23.6 Å². The van der Waals surface area contributed by atoms with Gasteiger partial charge in [-0.1, -0.05) is 20.8 Å². The molecule has 12 heteroatoms. The molecule has 0 bridgehead atoms. The molecule has 0 rings (SSSR count). The zero-order valence-corrected chi connectivity index (χ0v) is 24.6. The summed E-state index contributed by atoms with van der Waals surface area (Å²) >= 11 is 0. The standard InChI is InChI=1S/C10H20N2O3.C8H17NO3.C8H17NO2.CH4/c1-9(13)11-5-3-4-7-15-8-6-12-10(2)14;1-8(10)9-4-7-12-6-3-5-11-2;1-3-4-6-11-7-5-9-8(2)10;/h3-8H2,1-2H3,(H,11,13)(H,12,14);3-7H2,1-2H3,(H,9,10);3-7H2,1-2H3,(H,9,10);1H4. The third kappa shape index (κ3) is 56.9. The number of unbranched alkanes of at least 4 members (excludes halogenated alkanes) is 2. The molecule has 0 fully saturated rings. The molecule has 4 amide bonds. The number of hydrogen-bond acceptors (Lipinski definition) is 8. The summed E-state index contributed by atoms with van der Waals surface area (Å²) in [5, 5.41) is 10.7. The van der Waals surface area contributed by atoms with Gasteiger partial charge in [-0.3, -0.25) is 19.2 Å². The van der Waals surface area contributed by atoms with Crippen molar-refractivity contribution >= 4 is 23.6 Å². The van der Waals surface area contributed by atoms with Crippen LogP contribution in [-0.2, 0) is 38.1 Å². The van der Waals surface area contributed by atoms with Crippen molar-refractivity contribution in [2.24, 2.45) is 0 Å². The van der Waals surface area contributed by atoms with Crippen LogP contribution < -0.4 is 21.3 Å². The van der Waals surface area contributed by atoms with E-state index in [2.05, 4.69) is 28.2 Å². The molecule has 12 nitrogen and oxygen atoms in total. The molecule has 0 saturated heterocycles. The monoisotopic (exact) mass is 566 g/mol. The summed E-state index contributed by atoms with van der Waals surface area (Å²) in [6, 6.07) is 0. The number of amides is 4. The van der Waals surface area contributed by atoms with Gasteiger partial charge in [-0.05, 0) is 25.7 Å². The molecular weight excluding hydrogens is 508 g/mol. The smallest absolute Gasteiger partial charge is 0.216 e. The molecule has 4 N–H and O–H groups in total. The Balaban J connectivity index is -0.000000236. The molecule has 0 radical (unpaired) electrons. The lowest BCUT2D eigenvalue weighted by Gasteiger charge is -2.05. The molecule has 0 spiro atoms. The van der Waals surface area contributed by atoms with Gasteiger partial charge in [-0.2, -0.15) is 0 Å². The lowest BCUT2D eigenvalue weighted by atomic mass is 10.3. The number of carbonyl (C=O) groups excluding carboxylic acids is 4. The molecule has 0 aromatic heterocycles. The summed E-state index contributed by atoms with van der Waals surface area (Å²) in [7, 11) is 1.66. The normalized spacial score (nSPS) is 9.49. The van der Waals surface area contributed by atoms with Gasteiger partial charge in [-0.15, -0.1) is 0 Å². The van der Waals surface area contributed by atoms with E-state index in [0.29, 0.717) is 59.2 Å². The first-order valence-electron chi connectivity index (χ1n) is 13.4. The summed E-state index contributed by atoms with van der Waals surface area (Å²) in [4.78, 5) is 41.7. The van der Waals surface area contributed by atoms with Crippen LogP contribution in [0.5, 0.6) is 0 Å². The topological polar surface area (TPSA) is 153 Å². The number of hydrogen-bond donors (Lipinski definition) is 4. The Labute approximate surface area is 237 Å². The van der Waals surface area contributed by atoms with Crippen LogP contribution in [0, 0.1) is 0 Å². The molecule has 0 unspecified atom stereocenters. The second-order valence-corrected chi connectivity index (χ2v) is 8.18. The van der Waals surface area contributed by atoms with Crippen LogP contribution in [0.3, 0.4) is 0 Å². The average molecular weight is 567 g/mol. The van der Waals surface area contributed by atoms with Crippen molar-refractivity contribution in [3.05, 3.63) is 0 Å². The fraction of sp³-hybridized carbons (Fsp3) is 0.852. The van der Waals surface area contributed by atoms with E-state index < -0.39 is 0 Å². The van der Waals surface area contributed by atoms with Crippen LogP contribution in [0.4, 0.5) is 0 Å². The predicted molar refractivity (Wildman–Crippen MR) is 155 cm³/mol. The summed E-state index contributed by atoms with van der Waals surface area (Å²) < 4.78 is 20.5. The molecule has 0 saturated carbocycles. The summed E-state index contributed by atoms with van der Waals surface area (Å²) in [5.74, 6) is -0.0505. The maximum Gasteiger partial charge on any atom is 0.216 e. The van der Waals surface area contributed by atoms with Gasteiger partial charge < -0.3 is 40.2 Å². The highest BCUT2D eigenvalue weighted by Crippen LogP contribution is 1.88. The zero-order chi connectivity index (χ0) is 29.3. The van der Waals surface area contributed by atoms with Gasteiger partial charge in [0, 0.05) is 87.4 Å². The van der Waals surface area contributed by atoms with Crippen LogP contribution in [0.15, 0.2) is 0 Å². The van der Waals surface area contributed by atoms with E-state index in [9.17, 15) is 19.2 Å². The van der Waals surface area contributed by atoms with Crippen molar-refractivity contribution in [3.8, 4) is 0 Å². The minimum atomic E-state index is -0.0377. The first-order chi connectivity index (χ1) is 18.2. The van der Waals surface area contributed by atoms with Crippen molar-refractivity contribution in [2.45, 2.75) is 74.1 Å². The third-order valence-corrected chi connectivity index (χ3v) is 4.23. The van der Waals surface area contributed by atoms with E-state index in [-0.39, 0.29) is 31.1 Å². The molecule has 0 aliphatic rings. The fourth-order valence-corrected chi connectivity index (χ4v) is 2.35. The Hall–Kier alpha value is -2.28. The van der Waals surface area contributed by atoms with E-state index >= 15 is 0 Å².